The van der Waals surface area contributed by atoms with Crippen molar-refractivity contribution in [3.8, 4) is 28.3 Å². The molecule has 14 aromatic rings. The number of halogens is 7. The standard InChI is InChI=1S/C19H18O3.C18H28BNO4.C18H16O3.C13H14ClFN2O.C11H9BrO3.C10H6BrNO.C9H6Br2O.CN.CH4O.CH4.ClH.K.Na.H2O4S.H2O/c1-3-13-5-4-6-15(9-13)17-11-14(12-18(20)21-2)10-16-7-8-22-19(16)17;1-16(2,3)22-15(21)20-12-13-9-8-10-14(11-13)19-23-17(4,5)18(6,7)24-19;1-2-12-4-3-5-14(8-12)16-10-13(11-17(19)20)9-15-6-7-21-18(15)16;14-9-3-1-2-7(12(9)15)6-16-13(18)11-5-8-4-10(8)17-11;1-14-10(13)6-7-4-8-2-3-15-11(8)9(12)5-7;11-9-6-7(1-3-12)5-8-2-4-13-10(8)9;10-5-6-3-7-1-2-12-9(7)8(11)4-6;2*1-2;;;;;1-5(2,3)4;/h4-11H,3,12H2,1-2H3;8-11H,12H2,1-7H3,(H,20,21);3-10H,2,11H2,1H3,(H,19,20);1-3,8,10-11,17H,4-6H2,(H,16,18);2-5H,6H2,1H3;2,4-6H,1H2;1-4H,5H2;;2H,1H3;1H4;1H;;;(H2,1,2,3,4);1H2/q;;;;;;;-1;;;;2*+1;;/p-1/t;;;8-,10-,11+;;;;;;;;;;;/m...1.........../s1. The van der Waals surface area contributed by atoms with Gasteiger partial charge >= 0.3 is 122 Å². The van der Waals surface area contributed by atoms with Crippen molar-refractivity contribution in [1.82, 2.24) is 16.0 Å². The number of carboxylic acid groups (broad SMARTS) is 1. The number of carboxylic acids is 1. The molecule has 0 unspecified atom stereocenters. The monoisotopic (exact) mass is 2250 g/mol. The van der Waals surface area contributed by atoms with Gasteiger partial charge in [-0.25, -0.2) is 9.18 Å². The van der Waals surface area contributed by atoms with Crippen LogP contribution in [-0.4, -0.2) is 120 Å². The number of hydrogen-bond donors (Lipinski definition) is 7. The summed E-state index contributed by atoms with van der Waals surface area (Å²) < 4.78 is 102. The zero-order valence-corrected chi connectivity index (χ0v) is 92.3. The van der Waals surface area contributed by atoms with Gasteiger partial charge in [-0.3, -0.25) is 28.3 Å². The third-order valence-electron chi connectivity index (χ3n) is 21.1. The van der Waals surface area contributed by atoms with Crippen LogP contribution in [0.2, 0.25) is 5.02 Å². The number of methoxy groups -OCH3 is 2. The van der Waals surface area contributed by atoms with Crippen molar-refractivity contribution in [2.45, 2.75) is 168 Å². The molecule has 0 spiro atoms. The van der Waals surface area contributed by atoms with E-state index in [0.29, 0.717) is 30.5 Å². The summed E-state index contributed by atoms with van der Waals surface area (Å²) in [7, 11) is -1.28. The Hall–Kier alpha value is -8.39. The third-order valence-corrected chi connectivity index (χ3v) is 23.9. The first kappa shape index (κ1) is 125. The van der Waals surface area contributed by atoms with E-state index >= 15 is 0 Å². The summed E-state index contributed by atoms with van der Waals surface area (Å²) in [6, 6.07) is 60.9. The number of nitrogens with zero attached hydrogens (tertiary/aromatic N) is 2. The Morgan fingerprint density at radius 3 is 1.40 bits per heavy atom. The second kappa shape index (κ2) is 59.6. The molecule has 1 saturated carbocycles. The number of fused-ring (bicyclic) bond motifs is 6. The minimum atomic E-state index is -4.67. The van der Waals surface area contributed by atoms with Gasteiger partial charge in [0.05, 0.1) is 113 Å². The second-order valence-corrected chi connectivity index (χ2v) is 36.9. The number of alkyl carbamates (subject to hydrolysis) is 1. The van der Waals surface area contributed by atoms with Gasteiger partial charge in [0, 0.05) is 75.2 Å². The number of rotatable bonds is 18. The summed E-state index contributed by atoms with van der Waals surface area (Å²) in [5.74, 6) is -1.15. The Morgan fingerprint density at radius 1 is 0.583 bits per heavy atom. The van der Waals surface area contributed by atoms with Crippen LogP contribution in [0.4, 0.5) is 9.18 Å². The molecule has 17 rings (SSSR count). The number of benzene rings is 9. The van der Waals surface area contributed by atoms with E-state index in [-0.39, 0.29) is 172 Å². The molecule has 27 nitrogen and oxygen atoms in total. The Kier molecular flexibility index (Phi) is 53.5. The molecule has 2 aliphatic heterocycles. The number of aliphatic carboxylic acids is 1. The van der Waals surface area contributed by atoms with Crippen molar-refractivity contribution in [2.75, 3.05) is 21.3 Å². The largest absolute Gasteiger partial charge is 1.00 e. The normalized spacial score (nSPS) is 13.9. The van der Waals surface area contributed by atoms with Gasteiger partial charge < -0.3 is 89.1 Å². The minimum Gasteiger partial charge on any atom is -0.870 e. The van der Waals surface area contributed by atoms with E-state index in [0.717, 1.165) is 156 Å². The van der Waals surface area contributed by atoms with Crippen molar-refractivity contribution in [2.24, 2.45) is 5.92 Å². The first-order valence-electron chi connectivity index (χ1n) is 41.9. The summed E-state index contributed by atoms with van der Waals surface area (Å²) in [5, 5.41) is 45.6. The van der Waals surface area contributed by atoms with Gasteiger partial charge in [0.1, 0.15) is 39.3 Å². The maximum absolute atomic E-state index is 13.6. The summed E-state index contributed by atoms with van der Waals surface area (Å²) >= 11 is 19.3. The number of amides is 2. The van der Waals surface area contributed by atoms with Crippen molar-refractivity contribution >= 4 is 195 Å². The molecule has 9 aromatic carbocycles. The molecule has 0 bridgehead atoms. The van der Waals surface area contributed by atoms with Crippen LogP contribution in [-0.2, 0) is 110 Å². The molecule has 2 saturated heterocycles. The first-order chi connectivity index (χ1) is 63.7. The fraction of sp³-hybridized carbons (Fsp3) is 0.297. The Labute approximate surface area is 918 Å². The average Bonchev–Trinajstić information content (AvgIpc) is 1.64. The molecule has 1 aliphatic carbocycles. The van der Waals surface area contributed by atoms with Crippen LogP contribution in [0, 0.1) is 34.9 Å². The van der Waals surface area contributed by atoms with Crippen LogP contribution in [0.1, 0.15) is 133 Å². The number of piperidine rings is 1. The molecule has 3 atom stereocenters. The van der Waals surface area contributed by atoms with E-state index in [2.05, 4.69) is 153 Å². The van der Waals surface area contributed by atoms with Gasteiger partial charge in [-0.2, -0.15) is 13.7 Å². The van der Waals surface area contributed by atoms with Crippen LogP contribution in [0.15, 0.2) is 249 Å². The number of carbonyl (C=O) groups is 5. The molecule has 730 valence electrons. The van der Waals surface area contributed by atoms with Crippen LogP contribution in [0.25, 0.3) is 77.1 Å². The van der Waals surface area contributed by atoms with Gasteiger partial charge in [0.25, 0.3) is 0 Å². The van der Waals surface area contributed by atoms with E-state index in [4.69, 9.17) is 97.3 Å². The molecule has 3 fully saturated rings. The van der Waals surface area contributed by atoms with E-state index in [1.807, 2.05) is 164 Å². The van der Waals surface area contributed by atoms with Crippen LogP contribution < -0.4 is 102 Å². The average molecular weight is 2260 g/mol. The summed E-state index contributed by atoms with van der Waals surface area (Å²) in [6.45, 7) is 23.2. The number of nitrogens with one attached hydrogen (secondary N) is 3. The molecule has 38 heteroatoms. The smallest absolute Gasteiger partial charge is 0.870 e. The molecular weight excluding hydrogens is 2150 g/mol. The number of aliphatic hydroxyl groups excluding tert-OH is 1. The first-order valence-corrected chi connectivity index (χ1v) is 47.2. The number of esters is 2. The molecule has 8 N–H and O–H groups in total. The SMILES string of the molecule is BrCc1cc(Br)c2occc2c1.C.CC(C)(C)OC(=O)NCc1cccc(B2OC(C)(C)C(C)(C)O2)c1.CCc1cccc(-c2cc(CC(=O)O)cc3ccoc23)c1.CCc1cccc(-c2cc(CC(=O)OC)cc3ccoc23)c1.CO.COC(=O)Cc1cc(Br)c2occc2c1.Cl.N#CCc1cc(Br)c2occc2c1.O=C(NCc1cccc(Cl)c1F)[C@@H]1C[C@H]2C[C@H]2N1.O=S(=O)(O)O.[C-]#N.[K+].[Na+].[OH-]. The van der Waals surface area contributed by atoms with Crippen LogP contribution >= 0.6 is 87.7 Å². The fourth-order valence-electron chi connectivity index (χ4n) is 14.0. The Balaban J connectivity index is 0.000000412. The number of aliphatic hydroxyl groups is 1. The van der Waals surface area contributed by atoms with Crippen molar-refractivity contribution in [1.29, 1.82) is 10.5 Å². The van der Waals surface area contributed by atoms with Crippen LogP contribution in [0.3, 0.4) is 0 Å². The molecule has 5 aromatic heterocycles. The number of furan rings is 5. The Bertz CT molecular complexity index is 6530. The van der Waals surface area contributed by atoms with Crippen molar-refractivity contribution in [3.05, 3.63) is 294 Å². The number of aryl methyl sites for hydroxylation is 2. The van der Waals surface area contributed by atoms with Crippen molar-refractivity contribution < 1.29 is 188 Å². The molecule has 3 aliphatic rings. The van der Waals surface area contributed by atoms with Gasteiger partial charge in [0.15, 0.2) is 0 Å². The summed E-state index contributed by atoms with van der Waals surface area (Å²) in [6.07, 6.45) is 12.9. The molecule has 2 amide bonds. The minimum absolute atomic E-state index is 0. The van der Waals surface area contributed by atoms with Gasteiger partial charge in [-0.1, -0.05) is 134 Å². The third kappa shape index (κ3) is 38.3. The molecular formula is C101H109BBr4Cl2FKN5NaO22S. The van der Waals surface area contributed by atoms with E-state index < -0.39 is 41.0 Å². The molecule has 139 heavy (non-hydrogen) atoms. The van der Waals surface area contributed by atoms with E-state index in [1.54, 1.807) is 43.4 Å². The number of alkyl halides is 1. The maximum atomic E-state index is 13.6. The fourth-order valence-corrected chi connectivity index (χ4v) is 16.4. The second-order valence-electron chi connectivity index (χ2n) is 32.5. The molecule has 7 heterocycles. The zero-order valence-electron chi connectivity index (χ0n) is 78.4. The van der Waals surface area contributed by atoms with Gasteiger partial charge in [-0.05, 0) is 286 Å². The summed E-state index contributed by atoms with van der Waals surface area (Å²) in [5.41, 5.74) is 16.8. The topological polar surface area (TPSA) is 426 Å². The number of hydrogen-bond acceptors (Lipinski definition) is 22. The zero-order chi connectivity index (χ0) is 98.4. The van der Waals surface area contributed by atoms with Gasteiger partial charge in [-0.15, -0.1) is 12.4 Å². The van der Waals surface area contributed by atoms with E-state index in [9.17, 15) is 28.4 Å². The summed E-state index contributed by atoms with van der Waals surface area (Å²) in [4.78, 5) is 57.2. The Morgan fingerprint density at radius 2 is 0.978 bits per heavy atom. The maximum Gasteiger partial charge on any atom is 1.00 e. The number of carbonyl (C=O) groups excluding carboxylic acids is 4. The quantitative estimate of drug-likeness (QED) is 0.0105. The van der Waals surface area contributed by atoms with E-state index in [1.165, 1.54) is 43.4 Å². The predicted molar refractivity (Wildman–Crippen MR) is 544 cm³/mol. The number of nitriles is 1. The van der Waals surface area contributed by atoms with Crippen LogP contribution in [0.5, 0.6) is 0 Å². The number of ether oxygens (including phenoxy) is 3. The predicted octanol–water partition coefficient (Wildman–Crippen LogP) is 17.7. The van der Waals surface area contributed by atoms with Crippen molar-refractivity contribution in [3.63, 3.8) is 0 Å². The molecule has 0 radical (unpaired) electrons. The van der Waals surface area contributed by atoms with Gasteiger partial charge in [0.2, 0.25) is 5.91 Å².